The van der Waals surface area contributed by atoms with Crippen LogP contribution in [0.3, 0.4) is 0 Å². The molecule has 3 aromatic heterocycles. The van der Waals surface area contributed by atoms with E-state index < -0.39 is 0 Å². The summed E-state index contributed by atoms with van der Waals surface area (Å²) in [5.74, 6) is 0.288. The highest BCUT2D eigenvalue weighted by Crippen LogP contribution is 2.25. The van der Waals surface area contributed by atoms with E-state index in [0.29, 0.717) is 15.4 Å². The number of hydrogen-bond donors (Lipinski definition) is 0. The first kappa shape index (κ1) is 16.3. The van der Waals surface area contributed by atoms with Crippen molar-refractivity contribution >= 4 is 50.4 Å². The van der Waals surface area contributed by atoms with Gasteiger partial charge in [0.05, 0.1) is 21.7 Å². The average Bonchev–Trinajstić information content (AvgIpc) is 3.32. The standard InChI is InChI=1S/C18H12N2O2S3/c21-14(15-7-4-9-23-15)11-25-18-19-16-13(8-10-24-16)17(22)20(18)12-5-2-1-3-6-12/h1-10H,11H2. The van der Waals surface area contributed by atoms with E-state index in [2.05, 4.69) is 4.98 Å². The van der Waals surface area contributed by atoms with Gasteiger partial charge in [0, 0.05) is 0 Å². The van der Waals surface area contributed by atoms with Gasteiger partial charge in [-0.1, -0.05) is 36.0 Å². The van der Waals surface area contributed by atoms with Crippen molar-refractivity contribution in [1.82, 2.24) is 9.55 Å². The van der Waals surface area contributed by atoms with Crippen molar-refractivity contribution < 1.29 is 4.79 Å². The summed E-state index contributed by atoms with van der Waals surface area (Å²) in [4.78, 5) is 31.3. The normalized spacial score (nSPS) is 11.0. The van der Waals surface area contributed by atoms with E-state index in [-0.39, 0.29) is 17.1 Å². The second kappa shape index (κ2) is 6.95. The maximum absolute atomic E-state index is 12.9. The highest BCUT2D eigenvalue weighted by Gasteiger charge is 2.16. The van der Waals surface area contributed by atoms with Gasteiger partial charge < -0.3 is 0 Å². The van der Waals surface area contributed by atoms with Crippen LogP contribution >= 0.6 is 34.4 Å². The number of Topliss-reactive ketones (excluding diaryl/α,β-unsaturated/α-hetero) is 1. The molecule has 0 spiro atoms. The molecule has 0 fully saturated rings. The molecule has 0 aliphatic carbocycles. The molecule has 0 saturated carbocycles. The number of rotatable bonds is 5. The predicted octanol–water partition coefficient (Wildman–Crippen LogP) is 4.48. The van der Waals surface area contributed by atoms with Crippen molar-refractivity contribution in [3.63, 3.8) is 0 Å². The molecular formula is C18H12N2O2S3. The molecule has 7 heteroatoms. The lowest BCUT2D eigenvalue weighted by Crippen LogP contribution is -2.21. The number of fused-ring (bicyclic) bond motifs is 1. The quantitative estimate of drug-likeness (QED) is 0.289. The lowest BCUT2D eigenvalue weighted by molar-refractivity contribution is 0.102. The van der Waals surface area contributed by atoms with Crippen LogP contribution < -0.4 is 5.56 Å². The fourth-order valence-electron chi connectivity index (χ4n) is 2.43. The minimum Gasteiger partial charge on any atom is -0.292 e. The van der Waals surface area contributed by atoms with Crippen molar-refractivity contribution in [2.24, 2.45) is 0 Å². The maximum Gasteiger partial charge on any atom is 0.267 e. The van der Waals surface area contributed by atoms with Crippen molar-refractivity contribution in [2.75, 3.05) is 5.75 Å². The van der Waals surface area contributed by atoms with Gasteiger partial charge in [-0.25, -0.2) is 4.98 Å². The first-order valence-electron chi connectivity index (χ1n) is 7.49. The van der Waals surface area contributed by atoms with Crippen molar-refractivity contribution in [1.29, 1.82) is 0 Å². The number of thioether (sulfide) groups is 1. The van der Waals surface area contributed by atoms with Gasteiger partial charge >= 0.3 is 0 Å². The summed E-state index contributed by atoms with van der Waals surface area (Å²) in [6, 6.07) is 14.9. The Kier molecular flexibility index (Phi) is 4.52. The first-order valence-corrected chi connectivity index (χ1v) is 10.2. The van der Waals surface area contributed by atoms with Gasteiger partial charge in [0.25, 0.3) is 5.56 Å². The number of thiophene rings is 2. The second-order valence-electron chi connectivity index (χ2n) is 5.20. The fourth-order valence-corrected chi connectivity index (χ4v) is 4.89. The third kappa shape index (κ3) is 3.18. The van der Waals surface area contributed by atoms with Crippen LogP contribution in [0.5, 0.6) is 0 Å². The third-order valence-corrected chi connectivity index (χ3v) is 6.27. The number of carbonyl (C=O) groups excluding carboxylic acids is 1. The molecule has 4 nitrogen and oxygen atoms in total. The molecule has 1 aromatic carbocycles. The highest BCUT2D eigenvalue weighted by molar-refractivity contribution is 7.99. The van der Waals surface area contributed by atoms with Gasteiger partial charge in [0.2, 0.25) is 0 Å². The molecule has 0 amide bonds. The monoisotopic (exact) mass is 384 g/mol. The van der Waals surface area contributed by atoms with E-state index in [4.69, 9.17) is 0 Å². The molecule has 0 aliphatic heterocycles. The Bertz CT molecular complexity index is 1080. The number of para-hydroxylation sites is 1. The molecule has 0 radical (unpaired) electrons. The zero-order chi connectivity index (χ0) is 17.2. The summed E-state index contributed by atoms with van der Waals surface area (Å²) in [6.07, 6.45) is 0. The zero-order valence-corrected chi connectivity index (χ0v) is 15.4. The van der Waals surface area contributed by atoms with Gasteiger partial charge in [-0.2, -0.15) is 0 Å². The van der Waals surface area contributed by atoms with Gasteiger partial charge in [0.1, 0.15) is 4.83 Å². The number of hydrogen-bond acceptors (Lipinski definition) is 6. The molecule has 4 rings (SSSR count). The van der Waals surface area contributed by atoms with E-state index in [0.717, 1.165) is 10.6 Å². The molecule has 3 heterocycles. The molecule has 0 atom stereocenters. The summed E-state index contributed by atoms with van der Waals surface area (Å²) in [6.45, 7) is 0. The SMILES string of the molecule is O=C(CSc1nc2sccc2c(=O)n1-c1ccccc1)c1cccs1. The Labute approximate surface area is 155 Å². The predicted molar refractivity (Wildman–Crippen MR) is 105 cm³/mol. The van der Waals surface area contributed by atoms with Crippen LogP contribution in [0.2, 0.25) is 0 Å². The summed E-state index contributed by atoms with van der Waals surface area (Å²) in [5, 5.41) is 4.88. The van der Waals surface area contributed by atoms with E-state index in [9.17, 15) is 9.59 Å². The summed E-state index contributed by atoms with van der Waals surface area (Å²) in [7, 11) is 0. The molecule has 0 saturated heterocycles. The smallest absolute Gasteiger partial charge is 0.267 e. The Morgan fingerprint density at radius 3 is 2.64 bits per heavy atom. The fraction of sp³-hybridized carbons (Fsp3) is 0.0556. The summed E-state index contributed by atoms with van der Waals surface area (Å²) < 4.78 is 1.58. The molecule has 124 valence electrons. The number of carbonyl (C=O) groups is 1. The van der Waals surface area contributed by atoms with Gasteiger partial charge in [-0.3, -0.25) is 14.2 Å². The number of ketones is 1. The average molecular weight is 385 g/mol. The lowest BCUT2D eigenvalue weighted by Gasteiger charge is -2.11. The Hall–Kier alpha value is -2.22. The Morgan fingerprint density at radius 1 is 1.04 bits per heavy atom. The zero-order valence-electron chi connectivity index (χ0n) is 12.9. The summed E-state index contributed by atoms with van der Waals surface area (Å²) in [5.41, 5.74) is 0.641. The molecule has 0 bridgehead atoms. The lowest BCUT2D eigenvalue weighted by atomic mass is 10.3. The Balaban J connectivity index is 1.76. The number of aromatic nitrogens is 2. The van der Waals surface area contributed by atoms with Crippen molar-refractivity contribution in [3.05, 3.63) is 74.5 Å². The first-order chi connectivity index (χ1) is 12.2. The topological polar surface area (TPSA) is 52.0 Å². The highest BCUT2D eigenvalue weighted by atomic mass is 32.2. The number of benzene rings is 1. The second-order valence-corrected chi connectivity index (χ2v) is 7.98. The maximum atomic E-state index is 12.9. The summed E-state index contributed by atoms with van der Waals surface area (Å²) >= 11 is 4.15. The molecular weight excluding hydrogens is 372 g/mol. The molecule has 4 aromatic rings. The van der Waals surface area contributed by atoms with E-state index in [1.165, 1.54) is 34.4 Å². The third-order valence-electron chi connectivity index (χ3n) is 3.61. The van der Waals surface area contributed by atoms with Crippen molar-refractivity contribution in [2.45, 2.75) is 5.16 Å². The van der Waals surface area contributed by atoms with Crippen LogP contribution in [0.1, 0.15) is 9.67 Å². The minimum absolute atomic E-state index is 0.0418. The van der Waals surface area contributed by atoms with Crippen LogP contribution in [0.4, 0.5) is 0 Å². The van der Waals surface area contributed by atoms with Crippen LogP contribution in [0.25, 0.3) is 15.9 Å². The van der Waals surface area contributed by atoms with Gasteiger partial charge in [0.15, 0.2) is 10.9 Å². The molecule has 0 unspecified atom stereocenters. The largest absolute Gasteiger partial charge is 0.292 e. The van der Waals surface area contributed by atoms with E-state index in [1.54, 1.807) is 10.6 Å². The van der Waals surface area contributed by atoms with E-state index >= 15 is 0 Å². The van der Waals surface area contributed by atoms with Crippen LogP contribution in [0, 0.1) is 0 Å². The van der Waals surface area contributed by atoms with Crippen molar-refractivity contribution in [3.8, 4) is 5.69 Å². The Morgan fingerprint density at radius 2 is 1.88 bits per heavy atom. The minimum atomic E-state index is -0.108. The van der Waals surface area contributed by atoms with Crippen LogP contribution in [-0.4, -0.2) is 21.1 Å². The van der Waals surface area contributed by atoms with Crippen LogP contribution in [-0.2, 0) is 0 Å². The molecule has 25 heavy (non-hydrogen) atoms. The van der Waals surface area contributed by atoms with Gasteiger partial charge in [-0.15, -0.1) is 22.7 Å². The molecule has 0 aliphatic rings. The van der Waals surface area contributed by atoms with Crippen LogP contribution in [0.15, 0.2) is 69.2 Å². The number of nitrogens with zero attached hydrogens (tertiary/aromatic N) is 2. The van der Waals surface area contributed by atoms with Gasteiger partial charge in [-0.05, 0) is 35.0 Å². The van der Waals surface area contributed by atoms with E-state index in [1.807, 2.05) is 53.2 Å². The molecule has 0 N–H and O–H groups in total.